The zero-order chi connectivity index (χ0) is 41.8. The summed E-state index contributed by atoms with van der Waals surface area (Å²) in [6, 6.07) is 0. The second-order valence-electron chi connectivity index (χ2n) is 13.7. The van der Waals surface area contributed by atoms with Crippen molar-refractivity contribution in [2.75, 3.05) is 33.0 Å². The second kappa shape index (κ2) is 20.8. The number of carbonyl (C=O) groups is 1. The van der Waals surface area contributed by atoms with Crippen LogP contribution in [0.3, 0.4) is 0 Å². The SMILES string of the molecule is O=C[C@H](O)[C@@H](O)[C@H](O[C@@H]1O[C@H](CO[C@@H]2O[C@H](CO[C@@H]3O[C@H](CO[C@@H]4O[C@H](CO)[C@H](O)[C@H](O)[C@H]4O)[C@H](O)[C@H](O)[C@H]3O)[C@H](O)[C@H](O)[C@H]2O)[C@H](O)[C@H](O)[C@H]1O)[C@H](O)CO. The van der Waals surface area contributed by atoms with Crippen LogP contribution in [-0.4, -0.2) is 273 Å². The highest BCUT2D eigenvalue weighted by atomic mass is 16.8. The first kappa shape index (κ1) is 47.3. The average Bonchev–Trinajstić information content (AvgIpc) is 3.19. The fourth-order valence-electron chi connectivity index (χ4n) is 6.26. The van der Waals surface area contributed by atoms with Crippen LogP contribution in [0.15, 0.2) is 0 Å². The van der Waals surface area contributed by atoms with Gasteiger partial charge in [-0.1, -0.05) is 0 Å². The highest BCUT2D eigenvalue weighted by Crippen LogP contribution is 2.30. The summed E-state index contributed by atoms with van der Waals surface area (Å²) < 4.78 is 43.2. The molecular weight excluding hydrogens is 776 g/mol. The van der Waals surface area contributed by atoms with Crippen LogP contribution in [0.25, 0.3) is 0 Å². The molecular formula is C30H52O26. The van der Waals surface area contributed by atoms with Crippen molar-refractivity contribution < 1.29 is 130 Å². The topological polar surface area (TPSA) is 435 Å². The van der Waals surface area contributed by atoms with Crippen LogP contribution < -0.4 is 0 Å². The molecule has 0 aromatic heterocycles. The first-order valence-corrected chi connectivity index (χ1v) is 17.4. The fraction of sp³-hybridized carbons (Fsp3) is 0.967. The smallest absolute Gasteiger partial charge is 0.187 e. The van der Waals surface area contributed by atoms with Crippen molar-refractivity contribution in [1.29, 1.82) is 0 Å². The Bertz CT molecular complexity index is 1190. The molecule has 4 saturated heterocycles. The van der Waals surface area contributed by atoms with E-state index < -0.39 is 180 Å². The van der Waals surface area contributed by atoms with Gasteiger partial charge < -0.3 is 130 Å². The van der Waals surface area contributed by atoms with Gasteiger partial charge in [-0.25, -0.2) is 0 Å². The Morgan fingerprint density at radius 3 is 1.12 bits per heavy atom. The van der Waals surface area contributed by atoms with Gasteiger partial charge in [0, 0.05) is 0 Å². The maximum absolute atomic E-state index is 11.0. The quantitative estimate of drug-likeness (QED) is 0.0605. The molecule has 26 heteroatoms. The maximum Gasteiger partial charge on any atom is 0.187 e. The minimum Gasteiger partial charge on any atom is -0.394 e. The first-order chi connectivity index (χ1) is 26.4. The summed E-state index contributed by atoms with van der Waals surface area (Å²) in [5, 5.41) is 173. The van der Waals surface area contributed by atoms with Crippen molar-refractivity contribution in [1.82, 2.24) is 0 Å². The Kier molecular flexibility index (Phi) is 17.6. The van der Waals surface area contributed by atoms with Crippen LogP contribution in [0.1, 0.15) is 0 Å². The molecule has 4 fully saturated rings. The third-order valence-electron chi connectivity index (χ3n) is 9.81. The van der Waals surface area contributed by atoms with E-state index in [1.54, 1.807) is 0 Å². The van der Waals surface area contributed by atoms with Crippen molar-refractivity contribution in [3.63, 3.8) is 0 Å². The lowest BCUT2D eigenvalue weighted by atomic mass is 9.97. The Balaban J connectivity index is 1.37. The van der Waals surface area contributed by atoms with Gasteiger partial charge in [0.2, 0.25) is 0 Å². The largest absolute Gasteiger partial charge is 0.394 e. The van der Waals surface area contributed by atoms with Crippen molar-refractivity contribution in [3.05, 3.63) is 0 Å². The number of ether oxygens (including phenoxy) is 8. The second-order valence-corrected chi connectivity index (χ2v) is 13.7. The Morgan fingerprint density at radius 2 is 0.786 bits per heavy atom. The third kappa shape index (κ3) is 10.5. The summed E-state index contributed by atoms with van der Waals surface area (Å²) in [4.78, 5) is 11.0. The molecule has 56 heavy (non-hydrogen) atoms. The predicted molar refractivity (Wildman–Crippen MR) is 168 cm³/mol. The van der Waals surface area contributed by atoms with E-state index in [0.717, 1.165) is 0 Å². The van der Waals surface area contributed by atoms with E-state index in [9.17, 15) is 91.6 Å². The number of hydrogen-bond acceptors (Lipinski definition) is 26. The summed E-state index contributed by atoms with van der Waals surface area (Å²) in [6.07, 6.45) is -44.8. The van der Waals surface area contributed by atoms with E-state index in [1.807, 2.05) is 0 Å². The number of aliphatic hydroxyl groups is 17. The van der Waals surface area contributed by atoms with Gasteiger partial charge in [0.05, 0.1) is 33.0 Å². The van der Waals surface area contributed by atoms with Gasteiger partial charge in [-0.3, -0.25) is 0 Å². The van der Waals surface area contributed by atoms with E-state index in [1.165, 1.54) is 0 Å². The Labute approximate surface area is 316 Å². The molecule has 0 saturated carbocycles. The molecule has 0 bridgehead atoms. The van der Waals surface area contributed by atoms with Gasteiger partial charge in [0.15, 0.2) is 31.4 Å². The molecule has 0 aliphatic carbocycles. The molecule has 328 valence electrons. The minimum atomic E-state index is -2.17. The molecule has 4 aliphatic rings. The first-order valence-electron chi connectivity index (χ1n) is 17.4. The summed E-state index contributed by atoms with van der Waals surface area (Å²) >= 11 is 0. The van der Waals surface area contributed by atoms with Crippen molar-refractivity contribution in [2.45, 2.75) is 147 Å². The summed E-state index contributed by atoms with van der Waals surface area (Å²) in [5.74, 6) is 0. The Hall–Kier alpha value is -1.33. The fourth-order valence-corrected chi connectivity index (χ4v) is 6.26. The number of carbonyl (C=O) groups excluding carboxylic acids is 1. The maximum atomic E-state index is 11.0. The summed E-state index contributed by atoms with van der Waals surface area (Å²) in [6.45, 7) is -4.13. The number of hydrogen-bond donors (Lipinski definition) is 17. The highest BCUT2D eigenvalue weighted by Gasteiger charge is 2.51. The van der Waals surface area contributed by atoms with Crippen molar-refractivity contribution in [2.24, 2.45) is 0 Å². The van der Waals surface area contributed by atoms with E-state index in [4.69, 9.17) is 37.9 Å². The molecule has 17 N–H and O–H groups in total. The number of aldehydes is 1. The van der Waals surface area contributed by atoms with Gasteiger partial charge in [0.1, 0.15) is 122 Å². The van der Waals surface area contributed by atoms with E-state index in [0.29, 0.717) is 0 Å². The summed E-state index contributed by atoms with van der Waals surface area (Å²) in [5.41, 5.74) is 0. The van der Waals surface area contributed by atoms with Gasteiger partial charge in [-0.05, 0) is 0 Å². The number of rotatable bonds is 17. The van der Waals surface area contributed by atoms with Gasteiger partial charge in [0.25, 0.3) is 0 Å². The van der Waals surface area contributed by atoms with Crippen LogP contribution >= 0.6 is 0 Å². The zero-order valence-electron chi connectivity index (χ0n) is 29.2. The minimum absolute atomic E-state index is 0.112. The highest BCUT2D eigenvalue weighted by molar-refractivity contribution is 5.56. The van der Waals surface area contributed by atoms with E-state index >= 15 is 0 Å². The lowest BCUT2D eigenvalue weighted by Gasteiger charge is -2.44. The molecule has 0 aromatic rings. The zero-order valence-corrected chi connectivity index (χ0v) is 29.2. The molecule has 0 aromatic carbocycles. The van der Waals surface area contributed by atoms with Crippen LogP contribution in [0.4, 0.5) is 0 Å². The molecule has 4 rings (SSSR count). The van der Waals surface area contributed by atoms with Gasteiger partial charge in [-0.15, -0.1) is 0 Å². The van der Waals surface area contributed by atoms with Crippen LogP contribution in [-0.2, 0) is 42.7 Å². The van der Waals surface area contributed by atoms with Gasteiger partial charge in [-0.2, -0.15) is 0 Å². The molecule has 26 nitrogen and oxygen atoms in total. The molecule has 4 heterocycles. The molecule has 4 aliphatic heterocycles. The normalized spacial score (nSPS) is 47.2. The molecule has 24 atom stereocenters. The molecule has 0 radical (unpaired) electrons. The van der Waals surface area contributed by atoms with Gasteiger partial charge >= 0.3 is 0 Å². The third-order valence-corrected chi connectivity index (χ3v) is 9.81. The molecule has 0 unspecified atom stereocenters. The van der Waals surface area contributed by atoms with Crippen LogP contribution in [0.5, 0.6) is 0 Å². The van der Waals surface area contributed by atoms with Crippen LogP contribution in [0.2, 0.25) is 0 Å². The van der Waals surface area contributed by atoms with E-state index in [-0.39, 0.29) is 6.29 Å². The predicted octanol–water partition coefficient (Wildman–Crippen LogP) is -12.1. The van der Waals surface area contributed by atoms with Crippen molar-refractivity contribution in [3.8, 4) is 0 Å². The standard InChI is InChI=1S/C30H52O26/c31-1-7(34)13(36)26(8(35)2-32)56-30-25(48)21(44)17(40)12(55-30)6-51-29-24(47)20(43)16(39)11(54-29)5-50-28-23(46)19(42)15(38)10(53-28)4-49-27-22(45)18(41)14(37)9(3-33)52-27/h1,7-30,32-48H,2-6H2/t7-,8+,9+,10+,11+,12+,13+,14-,15-,16-,17-,18-,19-,20-,21-,22+,23+,24+,25+,26+,27+,28+,29+,30-/m0/s1. The lowest BCUT2D eigenvalue weighted by Crippen LogP contribution is -2.63. The summed E-state index contributed by atoms with van der Waals surface area (Å²) in [7, 11) is 0. The average molecular weight is 829 g/mol. The molecule has 0 spiro atoms. The van der Waals surface area contributed by atoms with E-state index in [2.05, 4.69) is 0 Å². The molecule has 0 amide bonds. The number of aliphatic hydroxyl groups excluding tert-OH is 17. The lowest BCUT2D eigenvalue weighted by molar-refractivity contribution is -0.352. The Morgan fingerprint density at radius 1 is 0.464 bits per heavy atom. The van der Waals surface area contributed by atoms with Crippen molar-refractivity contribution >= 4 is 6.29 Å². The van der Waals surface area contributed by atoms with Crippen LogP contribution in [0, 0.1) is 0 Å². The monoisotopic (exact) mass is 828 g/mol.